The summed E-state index contributed by atoms with van der Waals surface area (Å²) in [4.78, 5) is 31.5. The molecule has 0 radical (unpaired) electrons. The second kappa shape index (κ2) is 9.93. The van der Waals surface area contributed by atoms with Crippen LogP contribution in [0.3, 0.4) is 0 Å². The summed E-state index contributed by atoms with van der Waals surface area (Å²) in [6.45, 7) is 0. The van der Waals surface area contributed by atoms with Crippen LogP contribution in [0.25, 0.3) is 0 Å². The Morgan fingerprint density at radius 1 is 0.969 bits per heavy atom. The Hall–Kier alpha value is -3.91. The Labute approximate surface area is 190 Å². The smallest absolute Gasteiger partial charge is 0.259 e. The molecule has 164 valence electrons. The van der Waals surface area contributed by atoms with Gasteiger partial charge in [0.2, 0.25) is 0 Å². The molecule has 0 fully saturated rings. The van der Waals surface area contributed by atoms with E-state index in [-0.39, 0.29) is 11.3 Å². The summed E-state index contributed by atoms with van der Waals surface area (Å²) in [7, 11) is 5.00. The predicted octanol–water partition coefficient (Wildman–Crippen LogP) is 4.14. The Kier molecular flexibility index (Phi) is 7.07. The Bertz CT molecular complexity index is 1150. The summed E-state index contributed by atoms with van der Waals surface area (Å²) in [6.07, 6.45) is 1.42. The van der Waals surface area contributed by atoms with Crippen LogP contribution in [0.4, 0.5) is 11.5 Å². The number of amides is 2. The third-order valence-corrected chi connectivity index (χ3v) is 4.79. The van der Waals surface area contributed by atoms with E-state index in [0.717, 1.165) is 0 Å². The number of nitrogens with one attached hydrogen (secondary N) is 3. The third kappa shape index (κ3) is 5.22. The molecule has 3 rings (SSSR count). The van der Waals surface area contributed by atoms with Crippen molar-refractivity contribution in [1.82, 2.24) is 9.88 Å². The molecule has 2 aromatic carbocycles. The first kappa shape index (κ1) is 22.8. The molecule has 0 aliphatic heterocycles. The number of methoxy groups -OCH3 is 1. The summed E-state index contributed by atoms with van der Waals surface area (Å²) in [5.74, 6) is 0.0934. The zero-order valence-electron chi connectivity index (χ0n) is 17.8. The fourth-order valence-electron chi connectivity index (χ4n) is 2.88. The maximum absolute atomic E-state index is 12.9. The van der Waals surface area contributed by atoms with Crippen molar-refractivity contribution in [3.8, 4) is 5.75 Å². The Morgan fingerprint density at radius 2 is 1.66 bits per heavy atom. The molecular formula is C23H22ClN5O3. The highest BCUT2D eigenvalue weighted by molar-refractivity contribution is 6.30. The van der Waals surface area contributed by atoms with E-state index >= 15 is 0 Å². The van der Waals surface area contributed by atoms with Gasteiger partial charge in [0.1, 0.15) is 17.4 Å². The van der Waals surface area contributed by atoms with Gasteiger partial charge in [-0.3, -0.25) is 15.0 Å². The monoisotopic (exact) mass is 451 g/mol. The summed E-state index contributed by atoms with van der Waals surface area (Å²) < 4.78 is 5.35. The van der Waals surface area contributed by atoms with E-state index in [0.29, 0.717) is 33.6 Å². The number of ether oxygens (including phenoxy) is 1. The minimum Gasteiger partial charge on any atom is -0.495 e. The maximum Gasteiger partial charge on any atom is 0.259 e. The first-order valence-electron chi connectivity index (χ1n) is 9.57. The van der Waals surface area contributed by atoms with Crippen LogP contribution >= 0.6 is 11.6 Å². The Morgan fingerprint density at radius 3 is 2.25 bits per heavy atom. The van der Waals surface area contributed by atoms with Crippen molar-refractivity contribution in [3.63, 3.8) is 0 Å². The molecule has 2 amide bonds. The number of hydrogen-bond acceptors (Lipinski definition) is 5. The van der Waals surface area contributed by atoms with Crippen molar-refractivity contribution in [2.45, 2.75) is 0 Å². The molecule has 0 saturated carbocycles. The summed E-state index contributed by atoms with van der Waals surface area (Å²) >= 11 is 5.83. The number of pyridine rings is 1. The number of carbonyl (C=O) groups is 2. The second-order valence-corrected chi connectivity index (χ2v) is 7.41. The molecule has 0 spiro atoms. The van der Waals surface area contributed by atoms with Gasteiger partial charge in [-0.25, -0.2) is 4.98 Å². The lowest BCUT2D eigenvalue weighted by molar-refractivity contribution is 0.102. The van der Waals surface area contributed by atoms with Gasteiger partial charge in [0.15, 0.2) is 0 Å². The van der Waals surface area contributed by atoms with Gasteiger partial charge < -0.3 is 20.3 Å². The summed E-state index contributed by atoms with van der Waals surface area (Å²) in [5, 5.41) is 13.9. The number of carbonyl (C=O) groups excluding carboxylic acids is 2. The number of nitrogens with zero attached hydrogens (tertiary/aromatic N) is 2. The third-order valence-electron chi connectivity index (χ3n) is 4.57. The standard InChI is InChI=1S/C23H22ClN5O3/c1-29(2)21(25)14-7-9-15(10-8-14)22(30)28-20-17(5-4-6-18(20)32-3)23(31)27-19-12-11-16(24)13-26-19/h4-13,25H,1-3H3,(H,28,30)(H,26,27,31). The molecule has 3 N–H and O–H groups in total. The van der Waals surface area contributed by atoms with E-state index in [9.17, 15) is 9.59 Å². The molecule has 0 unspecified atom stereocenters. The van der Waals surface area contributed by atoms with Gasteiger partial charge in [-0.15, -0.1) is 0 Å². The molecule has 3 aromatic rings. The molecular weight excluding hydrogens is 430 g/mol. The van der Waals surface area contributed by atoms with Gasteiger partial charge in [-0.05, 0) is 36.4 Å². The molecule has 9 heteroatoms. The lowest BCUT2D eigenvalue weighted by Gasteiger charge is -2.16. The zero-order valence-corrected chi connectivity index (χ0v) is 18.5. The van der Waals surface area contributed by atoms with Crippen LogP contribution in [0.1, 0.15) is 26.3 Å². The van der Waals surface area contributed by atoms with E-state index < -0.39 is 11.8 Å². The van der Waals surface area contributed by atoms with Crippen molar-refractivity contribution >= 4 is 40.8 Å². The van der Waals surface area contributed by atoms with Gasteiger partial charge >= 0.3 is 0 Å². The fourth-order valence-corrected chi connectivity index (χ4v) is 2.99. The van der Waals surface area contributed by atoms with Gasteiger partial charge in [0, 0.05) is 31.4 Å². The maximum atomic E-state index is 12.9. The molecule has 0 saturated heterocycles. The van der Waals surface area contributed by atoms with Crippen molar-refractivity contribution < 1.29 is 14.3 Å². The van der Waals surface area contributed by atoms with Gasteiger partial charge in [0.25, 0.3) is 11.8 Å². The lowest BCUT2D eigenvalue weighted by Crippen LogP contribution is -2.22. The topological polar surface area (TPSA) is 107 Å². The number of para-hydroxylation sites is 1. The van der Waals surface area contributed by atoms with E-state index in [4.69, 9.17) is 21.7 Å². The van der Waals surface area contributed by atoms with Crippen LogP contribution in [0.15, 0.2) is 60.8 Å². The van der Waals surface area contributed by atoms with Crippen LogP contribution in [0.5, 0.6) is 5.75 Å². The lowest BCUT2D eigenvalue weighted by atomic mass is 10.1. The van der Waals surface area contributed by atoms with Crippen molar-refractivity contribution in [2.24, 2.45) is 0 Å². The van der Waals surface area contributed by atoms with Crippen LogP contribution in [-0.4, -0.2) is 48.7 Å². The normalized spacial score (nSPS) is 10.2. The highest BCUT2D eigenvalue weighted by atomic mass is 35.5. The molecule has 1 aromatic heterocycles. The molecule has 0 bridgehead atoms. The van der Waals surface area contributed by atoms with Crippen LogP contribution in [-0.2, 0) is 0 Å². The zero-order chi connectivity index (χ0) is 23.3. The molecule has 1 heterocycles. The molecule has 32 heavy (non-hydrogen) atoms. The minimum absolute atomic E-state index is 0.209. The molecule has 8 nitrogen and oxygen atoms in total. The van der Waals surface area contributed by atoms with Crippen LogP contribution in [0, 0.1) is 5.41 Å². The van der Waals surface area contributed by atoms with Gasteiger partial charge in [-0.1, -0.05) is 29.8 Å². The highest BCUT2D eigenvalue weighted by Gasteiger charge is 2.19. The van der Waals surface area contributed by atoms with Crippen LogP contribution in [0.2, 0.25) is 5.02 Å². The molecule has 0 atom stereocenters. The number of halogens is 1. The average Bonchev–Trinajstić information content (AvgIpc) is 2.80. The summed E-state index contributed by atoms with van der Waals surface area (Å²) in [6, 6.07) is 14.7. The number of anilines is 2. The van der Waals surface area contributed by atoms with E-state index in [1.54, 1.807) is 73.6 Å². The minimum atomic E-state index is -0.469. The van der Waals surface area contributed by atoms with Crippen molar-refractivity contribution in [1.29, 1.82) is 5.41 Å². The number of rotatable bonds is 6. The fraction of sp³-hybridized carbons (Fsp3) is 0.130. The number of hydrogen-bond donors (Lipinski definition) is 3. The van der Waals surface area contributed by atoms with Crippen molar-refractivity contribution in [3.05, 3.63) is 82.5 Å². The van der Waals surface area contributed by atoms with Gasteiger partial charge in [-0.2, -0.15) is 0 Å². The molecule has 0 aliphatic carbocycles. The number of aromatic nitrogens is 1. The van der Waals surface area contributed by atoms with E-state index in [1.807, 2.05) is 0 Å². The van der Waals surface area contributed by atoms with E-state index in [2.05, 4.69) is 15.6 Å². The molecule has 0 aliphatic rings. The Balaban J connectivity index is 1.85. The van der Waals surface area contributed by atoms with Gasteiger partial charge in [0.05, 0.1) is 23.4 Å². The summed E-state index contributed by atoms with van der Waals surface area (Å²) in [5.41, 5.74) is 1.49. The van der Waals surface area contributed by atoms with E-state index in [1.165, 1.54) is 13.3 Å². The first-order valence-corrected chi connectivity index (χ1v) is 9.95. The predicted molar refractivity (Wildman–Crippen MR) is 125 cm³/mol. The van der Waals surface area contributed by atoms with Crippen molar-refractivity contribution in [2.75, 3.05) is 31.8 Å². The highest BCUT2D eigenvalue weighted by Crippen LogP contribution is 2.29. The quantitative estimate of drug-likeness (QED) is 0.385. The number of amidine groups is 1. The SMILES string of the molecule is COc1cccc(C(=O)Nc2ccc(Cl)cn2)c1NC(=O)c1ccc(C(=N)N(C)C)cc1. The largest absolute Gasteiger partial charge is 0.495 e. The second-order valence-electron chi connectivity index (χ2n) is 6.97. The number of benzene rings is 2. The van der Waals surface area contributed by atoms with Crippen LogP contribution < -0.4 is 15.4 Å². The first-order chi connectivity index (χ1) is 15.3. The average molecular weight is 452 g/mol.